The van der Waals surface area contributed by atoms with Crippen molar-refractivity contribution in [3.05, 3.63) is 61.2 Å². The SMILES string of the molecule is C=CCCC(=O)OC[C@H](NC(=O)[C@@H]1[C@H]2O[C@@]3(CC2Br)[C@H](C(=O)N(CC=C)CCCC)N([C@@H](CO)CC(C)C)C(=O)[C@@H]13)c1ccccc1. The zero-order valence-electron chi connectivity index (χ0n) is 27.8. The third-order valence-corrected chi connectivity index (χ3v) is 10.4. The van der Waals surface area contributed by atoms with Gasteiger partial charge in [-0.3, -0.25) is 19.2 Å². The first-order valence-electron chi connectivity index (χ1n) is 16.8. The summed E-state index contributed by atoms with van der Waals surface area (Å²) in [6.07, 6.45) is 5.82. The van der Waals surface area contributed by atoms with E-state index in [0.717, 1.165) is 18.4 Å². The first-order valence-corrected chi connectivity index (χ1v) is 17.7. The van der Waals surface area contributed by atoms with Crippen molar-refractivity contribution in [2.24, 2.45) is 17.8 Å². The van der Waals surface area contributed by atoms with Gasteiger partial charge in [-0.05, 0) is 37.2 Å². The van der Waals surface area contributed by atoms with Crippen molar-refractivity contribution >= 4 is 39.6 Å². The van der Waals surface area contributed by atoms with Crippen LogP contribution in [0, 0.1) is 17.8 Å². The van der Waals surface area contributed by atoms with Crippen molar-refractivity contribution in [2.45, 2.75) is 94.0 Å². The van der Waals surface area contributed by atoms with Crippen LogP contribution in [0.3, 0.4) is 0 Å². The van der Waals surface area contributed by atoms with Gasteiger partial charge in [0.15, 0.2) is 0 Å². The lowest BCUT2D eigenvalue weighted by atomic mass is 9.70. The van der Waals surface area contributed by atoms with Crippen LogP contribution < -0.4 is 5.32 Å². The number of halogens is 1. The maximum atomic E-state index is 14.6. The van der Waals surface area contributed by atoms with Gasteiger partial charge in [0.05, 0.1) is 36.6 Å². The lowest BCUT2D eigenvalue weighted by Crippen LogP contribution is -2.59. The summed E-state index contributed by atoms with van der Waals surface area (Å²) >= 11 is 3.74. The molecule has 0 aromatic heterocycles. The molecule has 0 saturated carbocycles. The second kappa shape index (κ2) is 16.4. The van der Waals surface area contributed by atoms with Gasteiger partial charge in [-0.25, -0.2) is 0 Å². The fourth-order valence-corrected chi connectivity index (χ4v) is 8.41. The van der Waals surface area contributed by atoms with Crippen molar-refractivity contribution < 1.29 is 33.8 Å². The number of alkyl halides is 1. The minimum Gasteiger partial charge on any atom is -0.463 e. The topological polar surface area (TPSA) is 125 Å². The number of benzene rings is 1. The van der Waals surface area contributed by atoms with Crippen molar-refractivity contribution in [1.29, 1.82) is 0 Å². The largest absolute Gasteiger partial charge is 0.463 e. The van der Waals surface area contributed by atoms with Crippen LogP contribution in [0.1, 0.15) is 70.9 Å². The fraction of sp³-hybridized carbons (Fsp3) is 0.611. The number of hydrogen-bond donors (Lipinski definition) is 2. The number of ether oxygens (including phenoxy) is 2. The average molecular weight is 717 g/mol. The number of carbonyl (C=O) groups excluding carboxylic acids is 4. The van der Waals surface area contributed by atoms with Crippen LogP contribution >= 0.6 is 15.9 Å². The number of nitrogens with zero attached hydrogens (tertiary/aromatic N) is 2. The highest BCUT2D eigenvalue weighted by Gasteiger charge is 2.77. The Hall–Kier alpha value is -3.02. The summed E-state index contributed by atoms with van der Waals surface area (Å²) in [5, 5.41) is 13.6. The molecule has 1 aromatic carbocycles. The Bertz CT molecular complexity index is 1290. The molecule has 0 aliphatic carbocycles. The van der Waals surface area contributed by atoms with Crippen LogP contribution in [0.25, 0.3) is 0 Å². The summed E-state index contributed by atoms with van der Waals surface area (Å²) in [5.74, 6) is -3.14. The van der Waals surface area contributed by atoms with Gasteiger partial charge < -0.3 is 29.7 Å². The molecule has 3 fully saturated rings. The molecule has 10 nitrogen and oxygen atoms in total. The quantitative estimate of drug-likeness (QED) is 0.132. The first-order chi connectivity index (χ1) is 22.5. The molecule has 1 aromatic rings. The molecular formula is C36H50BrN3O7. The standard InChI is InChI=1S/C36H50BrN3O7/c1-6-9-16-28(42)46-22-27(24-14-12-11-13-15-24)38-33(43)29-30-34(44)40(25(21-41)19-23(4)5)32(36(30)20-26(37)31(29)47-36)35(45)39(17-8-3)18-10-7-2/h6,8,11-15,23,25-27,29-32,41H,1,3,7,9-10,16-22H2,2,4-5H3,(H,38,43)/t25-,26?,27+,29+,30-,31+,32+,36-/m1/s1. The number of hydrogen-bond acceptors (Lipinski definition) is 7. The lowest BCUT2D eigenvalue weighted by molar-refractivity contribution is -0.151. The van der Waals surface area contributed by atoms with Crippen molar-refractivity contribution in [1.82, 2.24) is 15.1 Å². The normalized spacial score (nSPS) is 27.3. The second-order valence-corrected chi connectivity index (χ2v) is 14.5. The molecule has 11 heteroatoms. The summed E-state index contributed by atoms with van der Waals surface area (Å²) in [6.45, 7) is 13.9. The Kier molecular flexibility index (Phi) is 12.8. The molecule has 3 heterocycles. The van der Waals surface area contributed by atoms with Gasteiger partial charge in [0.2, 0.25) is 17.7 Å². The van der Waals surface area contributed by atoms with E-state index >= 15 is 0 Å². The maximum Gasteiger partial charge on any atom is 0.306 e. The molecule has 3 amide bonds. The summed E-state index contributed by atoms with van der Waals surface area (Å²) in [4.78, 5) is 58.9. The third kappa shape index (κ3) is 7.67. The van der Waals surface area contributed by atoms with E-state index in [1.54, 1.807) is 17.1 Å². The van der Waals surface area contributed by atoms with Gasteiger partial charge in [-0.15, -0.1) is 13.2 Å². The average Bonchev–Trinajstić information content (AvgIpc) is 3.65. The molecule has 258 valence electrons. The molecule has 47 heavy (non-hydrogen) atoms. The van der Waals surface area contributed by atoms with E-state index < -0.39 is 53.5 Å². The maximum absolute atomic E-state index is 14.6. The summed E-state index contributed by atoms with van der Waals surface area (Å²) in [6, 6.07) is 6.91. The predicted molar refractivity (Wildman–Crippen MR) is 182 cm³/mol. The van der Waals surface area contributed by atoms with Gasteiger partial charge in [-0.1, -0.05) is 85.6 Å². The molecule has 4 rings (SSSR count). The Morgan fingerprint density at radius 1 is 1.23 bits per heavy atom. The van der Waals surface area contributed by atoms with Crippen LogP contribution in [0.15, 0.2) is 55.6 Å². The first kappa shape index (κ1) is 36.8. The van der Waals surface area contributed by atoms with E-state index in [-0.39, 0.29) is 42.2 Å². The number of fused-ring (bicyclic) bond motifs is 1. The van der Waals surface area contributed by atoms with Crippen molar-refractivity contribution in [3.63, 3.8) is 0 Å². The number of aliphatic hydroxyl groups excluding tert-OH is 1. The number of amides is 3. The van der Waals surface area contributed by atoms with E-state index in [2.05, 4.69) is 34.4 Å². The predicted octanol–water partition coefficient (Wildman–Crippen LogP) is 4.32. The third-order valence-electron chi connectivity index (χ3n) is 9.54. The summed E-state index contributed by atoms with van der Waals surface area (Å²) in [5.41, 5.74) is -0.517. The molecule has 3 saturated heterocycles. The Morgan fingerprint density at radius 2 is 1.96 bits per heavy atom. The number of esters is 1. The number of carbonyl (C=O) groups is 4. The zero-order chi connectivity index (χ0) is 34.3. The highest BCUT2D eigenvalue weighted by Crippen LogP contribution is 2.60. The van der Waals surface area contributed by atoms with E-state index in [1.807, 2.05) is 51.1 Å². The van der Waals surface area contributed by atoms with E-state index in [4.69, 9.17) is 9.47 Å². The Balaban J connectivity index is 1.71. The molecule has 2 bridgehead atoms. The molecule has 3 aliphatic heterocycles. The molecule has 2 N–H and O–H groups in total. The van der Waals surface area contributed by atoms with Crippen LogP contribution in [0.5, 0.6) is 0 Å². The van der Waals surface area contributed by atoms with Crippen LogP contribution in [-0.2, 0) is 28.7 Å². The van der Waals surface area contributed by atoms with Crippen LogP contribution in [0.4, 0.5) is 0 Å². The van der Waals surface area contributed by atoms with Gasteiger partial charge in [0.25, 0.3) is 0 Å². The van der Waals surface area contributed by atoms with E-state index in [0.29, 0.717) is 32.4 Å². The van der Waals surface area contributed by atoms with Gasteiger partial charge >= 0.3 is 5.97 Å². The molecule has 0 radical (unpaired) electrons. The van der Waals surface area contributed by atoms with Crippen molar-refractivity contribution in [3.8, 4) is 0 Å². The van der Waals surface area contributed by atoms with Crippen molar-refractivity contribution in [2.75, 3.05) is 26.3 Å². The number of likely N-dealkylation sites (tertiary alicyclic amines) is 1. The number of aliphatic hydroxyl groups is 1. The van der Waals surface area contributed by atoms with Crippen LogP contribution in [-0.4, -0.2) is 93.5 Å². The fourth-order valence-electron chi connectivity index (χ4n) is 7.47. The molecule has 1 unspecified atom stereocenters. The smallest absolute Gasteiger partial charge is 0.306 e. The molecule has 1 spiro atoms. The molecule has 3 aliphatic rings. The lowest BCUT2D eigenvalue weighted by Gasteiger charge is -2.39. The number of rotatable bonds is 18. The highest BCUT2D eigenvalue weighted by atomic mass is 79.9. The van der Waals surface area contributed by atoms with Gasteiger partial charge in [0, 0.05) is 24.3 Å². The second-order valence-electron chi connectivity index (χ2n) is 13.3. The van der Waals surface area contributed by atoms with Gasteiger partial charge in [0.1, 0.15) is 18.2 Å². The Morgan fingerprint density at radius 3 is 2.57 bits per heavy atom. The van der Waals surface area contributed by atoms with E-state index in [9.17, 15) is 24.3 Å². The zero-order valence-corrected chi connectivity index (χ0v) is 29.4. The number of unbranched alkanes of at least 4 members (excludes halogenated alkanes) is 1. The monoisotopic (exact) mass is 715 g/mol. The number of nitrogens with one attached hydrogen (secondary N) is 1. The highest BCUT2D eigenvalue weighted by molar-refractivity contribution is 9.09. The summed E-state index contributed by atoms with van der Waals surface area (Å²) < 4.78 is 12.2. The minimum absolute atomic E-state index is 0.0897. The Labute approximate surface area is 287 Å². The van der Waals surface area contributed by atoms with Crippen LogP contribution in [0.2, 0.25) is 0 Å². The molecular weight excluding hydrogens is 666 g/mol. The van der Waals surface area contributed by atoms with Gasteiger partial charge in [-0.2, -0.15) is 0 Å². The minimum atomic E-state index is -1.26. The van der Waals surface area contributed by atoms with E-state index in [1.165, 1.54) is 4.90 Å². The molecule has 8 atom stereocenters. The number of allylic oxidation sites excluding steroid dienone is 1. The summed E-state index contributed by atoms with van der Waals surface area (Å²) in [7, 11) is 0.